The number of primary amides is 1. The Labute approximate surface area is 296 Å². The number of esters is 1. The number of likely N-dealkylation sites (tertiary alicyclic amines) is 1. The van der Waals surface area contributed by atoms with Gasteiger partial charge in [0, 0.05) is 31.2 Å². The number of fused-ring (bicyclic) bond motifs is 2. The number of piperidine rings is 1. The molecule has 12 nitrogen and oxygen atoms in total. The van der Waals surface area contributed by atoms with E-state index < -0.39 is 86.7 Å². The number of benzene rings is 1. The average molecular weight is 721 g/mol. The molecule has 268 valence electrons. The fourth-order valence-electron chi connectivity index (χ4n) is 7.06. The molecule has 5 amide bonds. The highest BCUT2D eigenvalue weighted by Crippen LogP contribution is 2.65. The third-order valence-corrected chi connectivity index (χ3v) is 11.2. The van der Waals surface area contributed by atoms with E-state index in [2.05, 4.69) is 16.0 Å². The van der Waals surface area contributed by atoms with E-state index in [-0.39, 0.29) is 25.0 Å². The van der Waals surface area contributed by atoms with Crippen molar-refractivity contribution in [3.63, 3.8) is 0 Å². The van der Waals surface area contributed by atoms with Crippen LogP contribution in [0.4, 0.5) is 4.79 Å². The topological polar surface area (TPSA) is 177 Å². The number of ether oxygens (including phenoxy) is 1. The number of nitrogens with two attached hydrogens (primary N) is 1. The first-order valence-electron chi connectivity index (χ1n) is 16.9. The molecule has 3 fully saturated rings. The highest BCUT2D eigenvalue weighted by atomic mass is 35.5. The van der Waals surface area contributed by atoms with E-state index in [1.54, 1.807) is 41.5 Å². The van der Waals surface area contributed by atoms with Crippen LogP contribution in [0.25, 0.3) is 0 Å². The second-order valence-corrected chi connectivity index (χ2v) is 17.6. The van der Waals surface area contributed by atoms with Gasteiger partial charge >= 0.3 is 12.0 Å². The van der Waals surface area contributed by atoms with Crippen LogP contribution in [0.1, 0.15) is 71.9 Å². The van der Waals surface area contributed by atoms with Gasteiger partial charge in [-0.05, 0) is 34.3 Å². The Bertz CT molecular complexity index is 1510. The van der Waals surface area contributed by atoms with Crippen molar-refractivity contribution >= 4 is 58.7 Å². The van der Waals surface area contributed by atoms with Gasteiger partial charge in [0.15, 0.2) is 0 Å². The molecule has 1 aliphatic heterocycles. The Hall–Kier alpha value is -3.38. The minimum absolute atomic E-state index is 0.0439. The highest BCUT2D eigenvalue weighted by Gasteiger charge is 2.74. The number of hydrogen-bond acceptors (Lipinski definition) is 7. The summed E-state index contributed by atoms with van der Waals surface area (Å²) in [5.74, 6) is -4.75. The van der Waals surface area contributed by atoms with Gasteiger partial charge in [0.05, 0.1) is 6.04 Å². The summed E-state index contributed by atoms with van der Waals surface area (Å²) in [5.41, 5.74) is 5.93. The van der Waals surface area contributed by atoms with Crippen LogP contribution < -0.4 is 21.7 Å². The molecule has 0 radical (unpaired) electrons. The van der Waals surface area contributed by atoms with Crippen molar-refractivity contribution in [2.24, 2.45) is 34.3 Å². The molecule has 2 unspecified atom stereocenters. The van der Waals surface area contributed by atoms with Crippen molar-refractivity contribution < 1.29 is 33.5 Å². The van der Waals surface area contributed by atoms with E-state index in [1.165, 1.54) is 4.90 Å². The fraction of sp³-hybridized carbons (Fsp3) is 0.657. The number of hydrogen-bond donors (Lipinski definition) is 4. The number of nitrogens with zero attached hydrogens (tertiary/aromatic N) is 1. The van der Waals surface area contributed by atoms with Crippen molar-refractivity contribution in [3.8, 4) is 0 Å². The van der Waals surface area contributed by atoms with Gasteiger partial charge in [0.2, 0.25) is 17.6 Å². The number of rotatable bonds is 11. The number of halogens is 2. The van der Waals surface area contributed by atoms with E-state index >= 15 is 0 Å². The third-order valence-electron chi connectivity index (χ3n) is 10.1. The van der Waals surface area contributed by atoms with Crippen molar-refractivity contribution in [1.29, 1.82) is 0 Å². The van der Waals surface area contributed by atoms with Crippen LogP contribution in [0.5, 0.6) is 0 Å². The lowest BCUT2D eigenvalue weighted by molar-refractivity contribution is -0.153. The normalized spacial score (nSPS) is 24.5. The van der Waals surface area contributed by atoms with E-state index in [4.69, 9.17) is 33.7 Å². The molecule has 14 heteroatoms. The predicted octanol–water partition coefficient (Wildman–Crippen LogP) is 2.80. The SMILES string of the molecule is CC(C)(C)C(NC(=O)N[C@@H](C(=O)N1C[C@H]2[C@@H]([C@H]1C(=O)NC(CC1CC1)C(=O)C(N)=O)C2(Cl)Cl)C(C)(C)C)C(=O)OC1Cc2ccccc2C1. The number of ketones is 1. The van der Waals surface area contributed by atoms with Gasteiger partial charge < -0.3 is 31.3 Å². The van der Waals surface area contributed by atoms with E-state index in [1.807, 2.05) is 24.3 Å². The molecule has 0 spiro atoms. The first kappa shape index (κ1) is 36.9. The van der Waals surface area contributed by atoms with Crippen LogP contribution in [-0.4, -0.2) is 81.6 Å². The van der Waals surface area contributed by atoms with E-state index in [0.29, 0.717) is 12.8 Å². The molecule has 5 N–H and O–H groups in total. The van der Waals surface area contributed by atoms with Gasteiger partial charge in [0.25, 0.3) is 5.91 Å². The van der Waals surface area contributed by atoms with Gasteiger partial charge in [-0.1, -0.05) is 78.6 Å². The van der Waals surface area contributed by atoms with Crippen molar-refractivity contribution in [1.82, 2.24) is 20.9 Å². The smallest absolute Gasteiger partial charge is 0.329 e. The van der Waals surface area contributed by atoms with Crippen molar-refractivity contribution in [3.05, 3.63) is 35.4 Å². The monoisotopic (exact) mass is 719 g/mol. The molecular weight excluding hydrogens is 673 g/mol. The Morgan fingerprint density at radius 3 is 1.98 bits per heavy atom. The van der Waals surface area contributed by atoms with E-state index in [9.17, 15) is 28.8 Å². The molecule has 49 heavy (non-hydrogen) atoms. The summed E-state index contributed by atoms with van der Waals surface area (Å²) in [5, 5.41) is 8.14. The molecule has 1 heterocycles. The number of carbonyl (C=O) groups excluding carboxylic acids is 6. The zero-order valence-electron chi connectivity index (χ0n) is 28.8. The standard InChI is InChI=1S/C35H47Cl2N5O7/c1-33(2,3)26(40-32(48)41-27(34(4,5)6)31(47)49-20-14-18-9-7-8-10-19(18)15-20)30(46)42-16-21-23(35(21,36)37)24(42)29(45)39-22(13-17-11-12-17)25(43)28(38)44/h7-10,17,20-24,26-27H,11-16H2,1-6H3,(H2,38,44)(H,39,45)(H2,40,41,48)/t21-,22?,23-,24-,26-,27?/m0/s1. The zero-order valence-corrected chi connectivity index (χ0v) is 30.3. The molecular formula is C35H47Cl2N5O7. The molecule has 3 aliphatic carbocycles. The molecule has 0 aromatic heterocycles. The molecule has 2 saturated carbocycles. The van der Waals surface area contributed by atoms with Crippen molar-refractivity contribution in [2.75, 3.05) is 6.54 Å². The molecule has 0 bridgehead atoms. The lowest BCUT2D eigenvalue weighted by Gasteiger charge is -2.38. The third kappa shape index (κ3) is 8.01. The largest absolute Gasteiger partial charge is 0.460 e. The molecule has 1 saturated heterocycles. The van der Waals surface area contributed by atoms with Crippen LogP contribution >= 0.6 is 23.2 Å². The number of Topliss-reactive ketones (excluding diaryl/α,β-unsaturated/α-hetero) is 1. The maximum Gasteiger partial charge on any atom is 0.329 e. The summed E-state index contributed by atoms with van der Waals surface area (Å²) in [4.78, 5) is 80.8. The van der Waals surface area contributed by atoms with E-state index in [0.717, 1.165) is 24.0 Å². The summed E-state index contributed by atoms with van der Waals surface area (Å²) in [7, 11) is 0. The van der Waals surface area contributed by atoms with Crippen LogP contribution in [0.15, 0.2) is 24.3 Å². The number of alkyl halides is 2. The second-order valence-electron chi connectivity index (χ2n) is 16.2. The summed E-state index contributed by atoms with van der Waals surface area (Å²) in [6.07, 6.45) is 2.81. The Morgan fingerprint density at radius 1 is 0.918 bits per heavy atom. The van der Waals surface area contributed by atoms with Gasteiger partial charge in [-0.3, -0.25) is 19.2 Å². The molecule has 1 aromatic rings. The predicted molar refractivity (Wildman–Crippen MR) is 182 cm³/mol. The fourth-order valence-corrected chi connectivity index (χ4v) is 7.89. The Morgan fingerprint density at radius 2 is 1.47 bits per heavy atom. The Balaban J connectivity index is 1.29. The summed E-state index contributed by atoms with van der Waals surface area (Å²) in [6.45, 7) is 10.7. The van der Waals surface area contributed by atoms with Gasteiger partial charge in [0.1, 0.15) is 28.6 Å². The number of carbonyl (C=O) groups is 6. The minimum Gasteiger partial charge on any atom is -0.460 e. The van der Waals surface area contributed by atoms with Crippen molar-refractivity contribution in [2.45, 2.75) is 108 Å². The van der Waals surface area contributed by atoms with Gasteiger partial charge in [-0.2, -0.15) is 0 Å². The summed E-state index contributed by atoms with van der Waals surface area (Å²) < 4.78 is 4.61. The van der Waals surface area contributed by atoms with Gasteiger partial charge in [-0.15, -0.1) is 23.2 Å². The van der Waals surface area contributed by atoms with Crippen LogP contribution in [-0.2, 0) is 41.6 Å². The quantitative estimate of drug-likeness (QED) is 0.154. The summed E-state index contributed by atoms with van der Waals surface area (Å²) >= 11 is 13.0. The number of amides is 5. The molecule has 4 aliphatic rings. The number of nitrogens with one attached hydrogen (secondary N) is 3. The zero-order chi connectivity index (χ0) is 36.2. The highest BCUT2D eigenvalue weighted by molar-refractivity contribution is 6.51. The Kier molecular flexibility index (Phi) is 10.1. The number of urea groups is 1. The molecule has 5 rings (SSSR count). The van der Waals surface area contributed by atoms with Crippen LogP contribution in [0.3, 0.4) is 0 Å². The maximum atomic E-state index is 14.3. The minimum atomic E-state index is -1.26. The summed E-state index contributed by atoms with van der Waals surface area (Å²) in [6, 6.07) is 2.66. The lowest BCUT2D eigenvalue weighted by Crippen LogP contribution is -2.63. The molecule has 6 atom stereocenters. The van der Waals surface area contributed by atoms with Crippen LogP contribution in [0, 0.1) is 28.6 Å². The first-order chi connectivity index (χ1) is 22.7. The lowest BCUT2D eigenvalue weighted by atomic mass is 9.85. The first-order valence-corrected chi connectivity index (χ1v) is 17.6. The average Bonchev–Trinajstić information content (AvgIpc) is 3.75. The van der Waals surface area contributed by atoms with Crippen LogP contribution in [0.2, 0.25) is 0 Å². The molecule has 1 aromatic carbocycles. The second kappa shape index (κ2) is 13.4. The van der Waals surface area contributed by atoms with Gasteiger partial charge in [-0.25, -0.2) is 9.59 Å². The maximum absolute atomic E-state index is 14.3.